The van der Waals surface area contributed by atoms with Crippen LogP contribution in [0.4, 0.5) is 11.5 Å². The van der Waals surface area contributed by atoms with Gasteiger partial charge in [0.05, 0.1) is 17.5 Å². The van der Waals surface area contributed by atoms with Gasteiger partial charge in [0.15, 0.2) is 5.82 Å². The van der Waals surface area contributed by atoms with Crippen LogP contribution in [0, 0.1) is 6.92 Å². The number of nitrogen functional groups attached to an aromatic ring is 1. The minimum atomic E-state index is -0.281. The second kappa shape index (κ2) is 4.06. The molecular formula is C11H11N3O2. The van der Waals surface area contributed by atoms with E-state index in [4.69, 9.17) is 10.2 Å². The number of aromatic nitrogens is 1. The van der Waals surface area contributed by atoms with Gasteiger partial charge in [-0.05, 0) is 25.1 Å². The van der Waals surface area contributed by atoms with Crippen molar-refractivity contribution in [3.8, 4) is 0 Å². The molecule has 0 unspecified atom stereocenters. The van der Waals surface area contributed by atoms with Crippen molar-refractivity contribution in [2.75, 3.05) is 11.1 Å². The number of furan rings is 1. The minimum Gasteiger partial charge on any atom is -0.469 e. The molecule has 0 fully saturated rings. The molecule has 0 spiro atoms. The average Bonchev–Trinajstić information content (AvgIpc) is 2.68. The Kier molecular flexibility index (Phi) is 2.59. The Balaban J connectivity index is 2.21. The Bertz CT molecular complexity index is 519. The molecule has 0 atom stereocenters. The number of aryl methyl sites for hydroxylation is 1. The molecule has 0 aliphatic rings. The van der Waals surface area contributed by atoms with Crippen molar-refractivity contribution in [1.29, 1.82) is 0 Å². The largest absolute Gasteiger partial charge is 0.469 e. The number of carbonyl (C=O) groups is 1. The maximum absolute atomic E-state index is 11.8. The zero-order chi connectivity index (χ0) is 11.5. The van der Waals surface area contributed by atoms with Gasteiger partial charge in [0.2, 0.25) is 0 Å². The van der Waals surface area contributed by atoms with Gasteiger partial charge < -0.3 is 15.5 Å². The summed E-state index contributed by atoms with van der Waals surface area (Å²) >= 11 is 0. The van der Waals surface area contributed by atoms with E-state index in [2.05, 4.69) is 10.3 Å². The molecule has 0 saturated heterocycles. The molecule has 3 N–H and O–H groups in total. The van der Waals surface area contributed by atoms with Crippen LogP contribution in [0.5, 0.6) is 0 Å². The summed E-state index contributed by atoms with van der Waals surface area (Å²) in [7, 11) is 0. The van der Waals surface area contributed by atoms with E-state index in [1.165, 1.54) is 6.26 Å². The van der Waals surface area contributed by atoms with Crippen LogP contribution in [-0.4, -0.2) is 10.9 Å². The van der Waals surface area contributed by atoms with Crippen molar-refractivity contribution in [2.24, 2.45) is 0 Å². The summed E-state index contributed by atoms with van der Waals surface area (Å²) in [4.78, 5) is 15.8. The molecule has 0 aromatic carbocycles. The predicted octanol–water partition coefficient (Wildman–Crippen LogP) is 1.82. The zero-order valence-corrected chi connectivity index (χ0v) is 8.73. The summed E-state index contributed by atoms with van der Waals surface area (Å²) in [5.74, 6) is 0.636. The van der Waals surface area contributed by atoms with E-state index in [0.29, 0.717) is 22.8 Å². The number of nitrogens with zero attached hydrogens (tertiary/aromatic N) is 1. The van der Waals surface area contributed by atoms with E-state index in [1.54, 1.807) is 31.3 Å². The topological polar surface area (TPSA) is 81.2 Å². The van der Waals surface area contributed by atoms with Gasteiger partial charge in [-0.2, -0.15) is 0 Å². The van der Waals surface area contributed by atoms with Crippen molar-refractivity contribution < 1.29 is 9.21 Å². The second-order valence-electron chi connectivity index (χ2n) is 3.29. The molecule has 16 heavy (non-hydrogen) atoms. The third kappa shape index (κ3) is 1.88. The lowest BCUT2D eigenvalue weighted by Gasteiger charge is -2.05. The fraction of sp³-hybridized carbons (Fsp3) is 0.0909. The molecule has 2 aromatic heterocycles. The number of hydrogen-bond donors (Lipinski definition) is 2. The van der Waals surface area contributed by atoms with Gasteiger partial charge in [-0.1, -0.05) is 0 Å². The van der Waals surface area contributed by atoms with Crippen LogP contribution in [0.3, 0.4) is 0 Å². The Morgan fingerprint density at radius 3 is 2.94 bits per heavy atom. The van der Waals surface area contributed by atoms with E-state index >= 15 is 0 Å². The molecule has 2 aromatic rings. The van der Waals surface area contributed by atoms with Crippen molar-refractivity contribution in [3.05, 3.63) is 42.0 Å². The first-order chi connectivity index (χ1) is 7.68. The summed E-state index contributed by atoms with van der Waals surface area (Å²) in [6, 6.07) is 4.97. The number of nitrogens with two attached hydrogens (primary N) is 1. The highest BCUT2D eigenvalue weighted by Crippen LogP contribution is 2.16. The van der Waals surface area contributed by atoms with Crippen LogP contribution in [0.2, 0.25) is 0 Å². The van der Waals surface area contributed by atoms with Crippen molar-refractivity contribution in [2.45, 2.75) is 6.92 Å². The lowest BCUT2D eigenvalue weighted by Crippen LogP contribution is -2.14. The van der Waals surface area contributed by atoms with E-state index in [1.807, 2.05) is 0 Å². The van der Waals surface area contributed by atoms with Crippen LogP contribution in [-0.2, 0) is 0 Å². The SMILES string of the molecule is Cc1occc1C(=O)Nc1ncccc1N. The first kappa shape index (κ1) is 10.2. The Morgan fingerprint density at radius 1 is 1.50 bits per heavy atom. The lowest BCUT2D eigenvalue weighted by atomic mass is 10.2. The lowest BCUT2D eigenvalue weighted by molar-refractivity contribution is 0.102. The van der Waals surface area contributed by atoms with Gasteiger partial charge >= 0.3 is 0 Å². The summed E-state index contributed by atoms with van der Waals surface area (Å²) in [5, 5.41) is 2.62. The smallest absolute Gasteiger partial charge is 0.260 e. The highest BCUT2D eigenvalue weighted by Gasteiger charge is 2.12. The molecule has 5 heteroatoms. The van der Waals surface area contributed by atoms with Gasteiger partial charge in [0, 0.05) is 6.20 Å². The molecule has 5 nitrogen and oxygen atoms in total. The molecule has 1 amide bonds. The Morgan fingerprint density at radius 2 is 2.31 bits per heavy atom. The van der Waals surface area contributed by atoms with Crippen molar-refractivity contribution >= 4 is 17.4 Å². The summed E-state index contributed by atoms with van der Waals surface area (Å²) in [5.41, 5.74) is 6.56. The molecule has 0 bridgehead atoms. The first-order valence-electron chi connectivity index (χ1n) is 4.74. The van der Waals surface area contributed by atoms with E-state index in [-0.39, 0.29) is 5.91 Å². The molecule has 2 heterocycles. The summed E-state index contributed by atoms with van der Waals surface area (Å²) < 4.78 is 5.04. The van der Waals surface area contributed by atoms with Gasteiger partial charge in [0.1, 0.15) is 5.76 Å². The second-order valence-corrected chi connectivity index (χ2v) is 3.29. The van der Waals surface area contributed by atoms with Crippen LogP contribution < -0.4 is 11.1 Å². The molecular weight excluding hydrogens is 206 g/mol. The minimum absolute atomic E-state index is 0.281. The van der Waals surface area contributed by atoms with E-state index in [9.17, 15) is 4.79 Å². The fourth-order valence-corrected chi connectivity index (χ4v) is 1.32. The maximum Gasteiger partial charge on any atom is 0.260 e. The fourth-order valence-electron chi connectivity index (χ4n) is 1.32. The van der Waals surface area contributed by atoms with Crippen LogP contribution in [0.15, 0.2) is 35.1 Å². The van der Waals surface area contributed by atoms with Gasteiger partial charge in [-0.15, -0.1) is 0 Å². The molecule has 0 aliphatic carbocycles. The number of carbonyl (C=O) groups excluding carboxylic acids is 1. The van der Waals surface area contributed by atoms with E-state index in [0.717, 1.165) is 0 Å². The number of hydrogen-bond acceptors (Lipinski definition) is 4. The molecule has 0 radical (unpaired) electrons. The monoisotopic (exact) mass is 217 g/mol. The van der Waals surface area contributed by atoms with Crippen LogP contribution in [0.25, 0.3) is 0 Å². The predicted molar refractivity (Wildman–Crippen MR) is 60.0 cm³/mol. The number of rotatable bonds is 2. The van der Waals surface area contributed by atoms with Crippen molar-refractivity contribution in [1.82, 2.24) is 4.98 Å². The number of nitrogens with one attached hydrogen (secondary N) is 1. The number of anilines is 2. The van der Waals surface area contributed by atoms with E-state index < -0.39 is 0 Å². The highest BCUT2D eigenvalue weighted by atomic mass is 16.3. The average molecular weight is 217 g/mol. The normalized spacial score (nSPS) is 10.1. The summed E-state index contributed by atoms with van der Waals surface area (Å²) in [6.45, 7) is 1.72. The van der Waals surface area contributed by atoms with Crippen LogP contribution >= 0.6 is 0 Å². The first-order valence-corrected chi connectivity index (χ1v) is 4.74. The maximum atomic E-state index is 11.8. The third-order valence-electron chi connectivity index (χ3n) is 2.17. The number of amides is 1. The summed E-state index contributed by atoms with van der Waals surface area (Å²) in [6.07, 6.45) is 3.03. The standard InChI is InChI=1S/C11H11N3O2/c1-7-8(4-6-16-7)11(15)14-10-9(12)3-2-5-13-10/h2-6H,12H2,1H3,(H,13,14,15). The Hall–Kier alpha value is -2.30. The zero-order valence-electron chi connectivity index (χ0n) is 8.73. The molecule has 0 saturated carbocycles. The van der Waals surface area contributed by atoms with Crippen LogP contribution in [0.1, 0.15) is 16.1 Å². The van der Waals surface area contributed by atoms with Gasteiger partial charge in [-0.25, -0.2) is 4.98 Å². The molecule has 0 aliphatic heterocycles. The van der Waals surface area contributed by atoms with Crippen molar-refractivity contribution in [3.63, 3.8) is 0 Å². The third-order valence-corrected chi connectivity index (χ3v) is 2.17. The highest BCUT2D eigenvalue weighted by molar-refractivity contribution is 6.05. The quantitative estimate of drug-likeness (QED) is 0.803. The molecule has 2 rings (SSSR count). The van der Waals surface area contributed by atoms with Gasteiger partial charge in [-0.3, -0.25) is 4.79 Å². The van der Waals surface area contributed by atoms with Gasteiger partial charge in [0.25, 0.3) is 5.91 Å². The number of pyridine rings is 1. The molecule has 82 valence electrons. The Labute approximate surface area is 92.3 Å².